The summed E-state index contributed by atoms with van der Waals surface area (Å²) in [5.74, 6) is 0.948. The minimum absolute atomic E-state index is 0.0550. The number of hydrogen-bond acceptors (Lipinski definition) is 6. The van der Waals surface area contributed by atoms with E-state index < -0.39 is 4.08 Å². The zero-order chi connectivity index (χ0) is 19.5. The van der Waals surface area contributed by atoms with Crippen LogP contribution in [0.4, 0.5) is 0 Å². The van der Waals surface area contributed by atoms with E-state index in [9.17, 15) is 14.4 Å². The number of Topliss-reactive ketones (excluding diaryl/α,β-unsaturated/α-hetero) is 2. The number of carbonyl (C=O) groups is 3. The van der Waals surface area contributed by atoms with Crippen molar-refractivity contribution in [1.82, 2.24) is 0 Å². The van der Waals surface area contributed by atoms with Crippen LogP contribution in [-0.2, 0) is 9.53 Å². The number of rotatable bonds is 1. The number of carbonyl (C=O) groups excluding carboxylic acids is 3. The van der Waals surface area contributed by atoms with Crippen LogP contribution >= 0.6 is 23.5 Å². The van der Waals surface area contributed by atoms with Crippen LogP contribution in [0.1, 0.15) is 33.6 Å². The lowest BCUT2D eigenvalue weighted by molar-refractivity contribution is -0.145. The molecule has 0 aromatic heterocycles. The molecule has 1 aliphatic heterocycles. The topological polar surface area (TPSA) is 60.4 Å². The fourth-order valence-electron chi connectivity index (χ4n) is 4.56. The second-order valence-corrected chi connectivity index (χ2v) is 10.4. The average Bonchev–Trinajstić information content (AvgIpc) is 3.18. The van der Waals surface area contributed by atoms with Gasteiger partial charge in [-0.25, -0.2) is 0 Å². The lowest BCUT2D eigenvalue weighted by Gasteiger charge is -2.40. The van der Waals surface area contributed by atoms with Gasteiger partial charge in [0.2, 0.25) is 0 Å². The Morgan fingerprint density at radius 1 is 1.04 bits per heavy atom. The Bertz CT molecular complexity index is 1080. The molecule has 28 heavy (non-hydrogen) atoms. The van der Waals surface area contributed by atoms with E-state index in [-0.39, 0.29) is 29.9 Å². The molecule has 1 unspecified atom stereocenters. The molecule has 0 bridgehead atoms. The molecule has 2 aliphatic carbocycles. The molecule has 142 valence electrons. The standard InChI is InChI=1S/C22H18O4S2/c1-26-21(25)14-10-17-18(22(11-14)27-6-7-28-22)20(24)16-9-13-5-3-2-4-12(13)8-15(16)19(17)23/h2-5,8-9,14H,6-7,10-11H2,1H3. The van der Waals surface area contributed by atoms with Gasteiger partial charge in [0.1, 0.15) is 0 Å². The highest BCUT2D eigenvalue weighted by atomic mass is 32.2. The van der Waals surface area contributed by atoms with E-state index in [1.807, 2.05) is 36.4 Å². The van der Waals surface area contributed by atoms with E-state index in [2.05, 4.69) is 0 Å². The zero-order valence-electron chi connectivity index (χ0n) is 15.3. The summed E-state index contributed by atoms with van der Waals surface area (Å²) in [5, 5.41) is 1.89. The quantitative estimate of drug-likeness (QED) is 0.654. The van der Waals surface area contributed by atoms with Crippen molar-refractivity contribution in [3.8, 4) is 0 Å². The molecule has 1 fully saturated rings. The summed E-state index contributed by atoms with van der Waals surface area (Å²) in [6.45, 7) is 0. The molecule has 3 aliphatic rings. The molecule has 0 saturated carbocycles. The molecule has 4 nitrogen and oxygen atoms in total. The Labute approximate surface area is 171 Å². The molecule has 1 atom stereocenters. The Hall–Kier alpha value is -2.05. The van der Waals surface area contributed by atoms with Crippen molar-refractivity contribution in [2.24, 2.45) is 5.92 Å². The molecule has 0 N–H and O–H groups in total. The van der Waals surface area contributed by atoms with Crippen LogP contribution < -0.4 is 0 Å². The van der Waals surface area contributed by atoms with E-state index in [4.69, 9.17) is 4.74 Å². The Morgan fingerprint density at radius 2 is 1.64 bits per heavy atom. The molecule has 2 aromatic rings. The number of allylic oxidation sites excluding steroid dienone is 1. The number of ether oxygens (including phenoxy) is 1. The minimum Gasteiger partial charge on any atom is -0.469 e. The summed E-state index contributed by atoms with van der Waals surface area (Å²) in [6, 6.07) is 11.4. The van der Waals surface area contributed by atoms with E-state index >= 15 is 0 Å². The Kier molecular flexibility index (Phi) is 4.18. The molecule has 2 aromatic carbocycles. The van der Waals surface area contributed by atoms with Gasteiger partial charge in [-0.15, -0.1) is 23.5 Å². The van der Waals surface area contributed by atoms with Crippen molar-refractivity contribution in [2.75, 3.05) is 18.6 Å². The van der Waals surface area contributed by atoms with Crippen molar-refractivity contribution in [2.45, 2.75) is 16.9 Å². The van der Waals surface area contributed by atoms with Crippen LogP contribution in [0.5, 0.6) is 0 Å². The predicted octanol–water partition coefficient (Wildman–Crippen LogP) is 4.27. The molecular weight excluding hydrogens is 392 g/mol. The highest BCUT2D eigenvalue weighted by Crippen LogP contribution is 2.59. The minimum atomic E-state index is -0.525. The van der Waals surface area contributed by atoms with E-state index in [1.54, 1.807) is 23.5 Å². The van der Waals surface area contributed by atoms with Gasteiger partial charge in [0, 0.05) is 33.8 Å². The maximum atomic E-state index is 13.6. The summed E-state index contributed by atoms with van der Waals surface area (Å²) < 4.78 is 4.46. The summed E-state index contributed by atoms with van der Waals surface area (Å²) in [7, 11) is 1.38. The van der Waals surface area contributed by atoms with Gasteiger partial charge in [-0.05, 0) is 35.7 Å². The number of esters is 1. The van der Waals surface area contributed by atoms with Gasteiger partial charge >= 0.3 is 5.97 Å². The molecule has 6 heteroatoms. The van der Waals surface area contributed by atoms with E-state index in [0.717, 1.165) is 22.3 Å². The first-order valence-electron chi connectivity index (χ1n) is 9.25. The van der Waals surface area contributed by atoms with Crippen LogP contribution in [-0.4, -0.2) is 40.2 Å². The number of fused-ring (bicyclic) bond motifs is 3. The van der Waals surface area contributed by atoms with Gasteiger partial charge in [0.25, 0.3) is 0 Å². The van der Waals surface area contributed by atoms with E-state index in [0.29, 0.717) is 28.7 Å². The third-order valence-electron chi connectivity index (χ3n) is 5.81. The molecule has 0 radical (unpaired) electrons. The predicted molar refractivity (Wildman–Crippen MR) is 112 cm³/mol. The molecule has 1 spiro atoms. The Morgan fingerprint density at radius 3 is 2.25 bits per heavy atom. The zero-order valence-corrected chi connectivity index (χ0v) is 17.0. The number of hydrogen-bond donors (Lipinski definition) is 0. The fraction of sp³-hybridized carbons (Fsp3) is 0.318. The smallest absolute Gasteiger partial charge is 0.309 e. The van der Waals surface area contributed by atoms with E-state index in [1.165, 1.54) is 7.11 Å². The molecule has 1 saturated heterocycles. The van der Waals surface area contributed by atoms with Gasteiger partial charge in [0.05, 0.1) is 17.1 Å². The first-order chi connectivity index (χ1) is 13.5. The Balaban J connectivity index is 1.71. The first-order valence-corrected chi connectivity index (χ1v) is 11.2. The third kappa shape index (κ3) is 2.51. The maximum Gasteiger partial charge on any atom is 0.309 e. The highest BCUT2D eigenvalue weighted by Gasteiger charge is 2.53. The SMILES string of the molecule is COC(=O)C1CC2=C(C(=O)c3cc4ccccc4cc3C2=O)C2(C1)SCCS2. The summed E-state index contributed by atoms with van der Waals surface area (Å²) in [5.41, 5.74) is 2.08. The van der Waals surface area contributed by atoms with Gasteiger partial charge in [-0.3, -0.25) is 14.4 Å². The van der Waals surface area contributed by atoms with Crippen molar-refractivity contribution in [3.63, 3.8) is 0 Å². The normalized spacial score (nSPS) is 23.1. The highest BCUT2D eigenvalue weighted by molar-refractivity contribution is 8.21. The monoisotopic (exact) mass is 410 g/mol. The van der Waals surface area contributed by atoms with Crippen LogP contribution in [0.2, 0.25) is 0 Å². The summed E-state index contributed by atoms with van der Waals surface area (Å²) in [6.07, 6.45) is 0.817. The molecule has 5 rings (SSSR count). The van der Waals surface area contributed by atoms with Gasteiger partial charge in [-0.1, -0.05) is 24.3 Å². The van der Waals surface area contributed by atoms with Gasteiger partial charge < -0.3 is 4.74 Å². The van der Waals surface area contributed by atoms with Crippen LogP contribution in [0.15, 0.2) is 47.5 Å². The van der Waals surface area contributed by atoms with Crippen molar-refractivity contribution in [1.29, 1.82) is 0 Å². The molecular formula is C22H18O4S2. The van der Waals surface area contributed by atoms with Gasteiger partial charge in [0.15, 0.2) is 11.6 Å². The lowest BCUT2D eigenvalue weighted by Crippen LogP contribution is -2.41. The van der Waals surface area contributed by atoms with Crippen molar-refractivity contribution < 1.29 is 19.1 Å². The number of methoxy groups -OCH3 is 1. The van der Waals surface area contributed by atoms with Gasteiger partial charge in [-0.2, -0.15) is 0 Å². The van der Waals surface area contributed by atoms with Crippen LogP contribution in [0.25, 0.3) is 10.8 Å². The second-order valence-electron chi connectivity index (χ2n) is 7.33. The first kappa shape index (κ1) is 18.0. The van der Waals surface area contributed by atoms with Crippen molar-refractivity contribution in [3.05, 3.63) is 58.7 Å². The third-order valence-corrected chi connectivity index (χ3v) is 9.27. The average molecular weight is 411 g/mol. The number of benzene rings is 2. The fourth-order valence-corrected chi connectivity index (χ4v) is 8.07. The lowest BCUT2D eigenvalue weighted by atomic mass is 9.73. The van der Waals surface area contributed by atoms with Crippen LogP contribution in [0, 0.1) is 5.92 Å². The summed E-state index contributed by atoms with van der Waals surface area (Å²) >= 11 is 3.38. The number of ketones is 2. The molecule has 1 heterocycles. The largest absolute Gasteiger partial charge is 0.469 e. The maximum absolute atomic E-state index is 13.6. The molecule has 0 amide bonds. The van der Waals surface area contributed by atoms with Crippen LogP contribution in [0.3, 0.4) is 0 Å². The number of thioether (sulfide) groups is 2. The van der Waals surface area contributed by atoms with Crippen molar-refractivity contribution >= 4 is 51.8 Å². The second kappa shape index (κ2) is 6.49. The summed E-state index contributed by atoms with van der Waals surface area (Å²) in [4.78, 5) is 39.4.